The molecule has 2 N–H and O–H groups in total. The fourth-order valence-corrected chi connectivity index (χ4v) is 2.94. The van der Waals surface area contributed by atoms with Gasteiger partial charge in [-0.3, -0.25) is 0 Å². The molecule has 1 unspecified atom stereocenters. The number of hydrogen-bond donors (Lipinski definition) is 1. The van der Waals surface area contributed by atoms with Crippen LogP contribution in [0.4, 0.5) is 4.79 Å². The number of likely N-dealkylation sites (tertiary alicyclic amines) is 2. The number of piperidine rings is 1. The number of urea groups is 1. The third kappa shape index (κ3) is 3.12. The number of nitrogens with zero attached hydrogens (tertiary/aromatic N) is 2. The zero-order valence-electron chi connectivity index (χ0n) is 10.7. The van der Waals surface area contributed by atoms with Gasteiger partial charge in [-0.05, 0) is 32.1 Å². The standard InChI is InChI=1S/C13H25N3O/c14-11-12-7-3-1-6-10-16(12)13(17)15-8-4-2-5-9-15/h12H,1-11,14H2. The van der Waals surface area contributed by atoms with Crippen molar-refractivity contribution in [3.8, 4) is 0 Å². The average Bonchev–Trinajstić information content (AvgIpc) is 2.64. The molecule has 2 saturated heterocycles. The highest BCUT2D eigenvalue weighted by Crippen LogP contribution is 2.19. The molecule has 0 saturated carbocycles. The summed E-state index contributed by atoms with van der Waals surface area (Å²) in [4.78, 5) is 16.5. The maximum atomic E-state index is 12.5. The second-order valence-electron chi connectivity index (χ2n) is 5.26. The lowest BCUT2D eigenvalue weighted by Gasteiger charge is -2.36. The SMILES string of the molecule is NCC1CCCCCN1C(=O)N1CCCCC1. The molecule has 2 aliphatic heterocycles. The minimum absolute atomic E-state index is 0.238. The molecule has 0 aromatic heterocycles. The van der Waals surface area contributed by atoms with E-state index in [2.05, 4.69) is 0 Å². The second-order valence-corrected chi connectivity index (χ2v) is 5.26. The Hall–Kier alpha value is -0.770. The van der Waals surface area contributed by atoms with Crippen LogP contribution in [-0.4, -0.2) is 48.1 Å². The van der Waals surface area contributed by atoms with Crippen LogP contribution < -0.4 is 5.73 Å². The van der Waals surface area contributed by atoms with Crippen LogP contribution in [0, 0.1) is 0 Å². The Morgan fingerprint density at radius 1 is 1.00 bits per heavy atom. The first-order valence-electron chi connectivity index (χ1n) is 7.08. The molecule has 2 amide bonds. The highest BCUT2D eigenvalue weighted by atomic mass is 16.2. The Labute approximate surface area is 104 Å². The van der Waals surface area contributed by atoms with E-state index < -0.39 is 0 Å². The highest BCUT2D eigenvalue weighted by molar-refractivity contribution is 5.75. The molecule has 0 aliphatic carbocycles. The van der Waals surface area contributed by atoms with Gasteiger partial charge in [0.1, 0.15) is 0 Å². The van der Waals surface area contributed by atoms with E-state index >= 15 is 0 Å². The first-order valence-corrected chi connectivity index (χ1v) is 7.08. The van der Waals surface area contributed by atoms with Gasteiger partial charge in [0.05, 0.1) is 0 Å². The summed E-state index contributed by atoms with van der Waals surface area (Å²) in [5.74, 6) is 0. The third-order valence-corrected chi connectivity index (χ3v) is 4.02. The molecule has 2 fully saturated rings. The van der Waals surface area contributed by atoms with Crippen molar-refractivity contribution in [3.63, 3.8) is 0 Å². The van der Waals surface area contributed by atoms with E-state index in [-0.39, 0.29) is 12.1 Å². The van der Waals surface area contributed by atoms with Crippen LogP contribution in [0.15, 0.2) is 0 Å². The molecule has 2 rings (SSSR count). The van der Waals surface area contributed by atoms with E-state index in [1.165, 1.54) is 19.3 Å². The van der Waals surface area contributed by atoms with E-state index in [0.717, 1.165) is 45.3 Å². The molecular formula is C13H25N3O. The predicted molar refractivity (Wildman–Crippen MR) is 68.8 cm³/mol. The van der Waals surface area contributed by atoms with Gasteiger partial charge >= 0.3 is 6.03 Å². The molecule has 17 heavy (non-hydrogen) atoms. The summed E-state index contributed by atoms with van der Waals surface area (Å²) in [6, 6.07) is 0.508. The lowest BCUT2D eigenvalue weighted by molar-refractivity contribution is 0.127. The van der Waals surface area contributed by atoms with E-state index in [1.807, 2.05) is 9.80 Å². The fourth-order valence-electron chi connectivity index (χ4n) is 2.94. The van der Waals surface area contributed by atoms with Gasteiger partial charge in [0.2, 0.25) is 0 Å². The number of hydrogen-bond acceptors (Lipinski definition) is 2. The molecule has 0 bridgehead atoms. The summed E-state index contributed by atoms with van der Waals surface area (Å²) in [6.07, 6.45) is 8.25. The van der Waals surface area contributed by atoms with E-state index in [1.54, 1.807) is 0 Å². The number of rotatable bonds is 1. The summed E-state index contributed by atoms with van der Waals surface area (Å²) in [6.45, 7) is 3.38. The van der Waals surface area contributed by atoms with Crippen molar-refractivity contribution >= 4 is 6.03 Å². The summed E-state index contributed by atoms with van der Waals surface area (Å²) in [7, 11) is 0. The van der Waals surface area contributed by atoms with Crippen LogP contribution in [-0.2, 0) is 0 Å². The summed E-state index contributed by atoms with van der Waals surface area (Å²) >= 11 is 0. The molecule has 2 aliphatic rings. The number of carbonyl (C=O) groups excluding carboxylic acids is 1. The monoisotopic (exact) mass is 239 g/mol. The van der Waals surface area contributed by atoms with Crippen molar-refractivity contribution in [2.75, 3.05) is 26.2 Å². The van der Waals surface area contributed by atoms with Gasteiger partial charge in [-0.15, -0.1) is 0 Å². The van der Waals surface area contributed by atoms with Gasteiger partial charge in [-0.2, -0.15) is 0 Å². The molecular weight excluding hydrogens is 214 g/mol. The highest BCUT2D eigenvalue weighted by Gasteiger charge is 2.28. The van der Waals surface area contributed by atoms with Gasteiger partial charge < -0.3 is 15.5 Å². The number of carbonyl (C=O) groups is 1. The summed E-state index contributed by atoms with van der Waals surface area (Å²) in [5.41, 5.74) is 5.82. The predicted octanol–water partition coefficient (Wildman–Crippen LogP) is 1.80. The zero-order chi connectivity index (χ0) is 12.1. The average molecular weight is 239 g/mol. The van der Waals surface area contributed by atoms with Crippen molar-refractivity contribution in [3.05, 3.63) is 0 Å². The molecule has 1 atom stereocenters. The molecule has 2 heterocycles. The van der Waals surface area contributed by atoms with Crippen LogP contribution in [0.1, 0.15) is 44.9 Å². The van der Waals surface area contributed by atoms with Crippen molar-refractivity contribution in [2.24, 2.45) is 5.73 Å². The van der Waals surface area contributed by atoms with Gasteiger partial charge in [0, 0.05) is 32.2 Å². The Balaban J connectivity index is 1.98. The van der Waals surface area contributed by atoms with E-state index in [4.69, 9.17) is 5.73 Å². The Bertz CT molecular complexity index is 251. The van der Waals surface area contributed by atoms with Crippen LogP contribution in [0.3, 0.4) is 0 Å². The van der Waals surface area contributed by atoms with Gasteiger partial charge in [-0.25, -0.2) is 4.79 Å². The molecule has 0 aromatic carbocycles. The molecule has 4 heteroatoms. The molecule has 0 radical (unpaired) electrons. The third-order valence-electron chi connectivity index (χ3n) is 4.02. The van der Waals surface area contributed by atoms with Gasteiger partial charge in [0.25, 0.3) is 0 Å². The van der Waals surface area contributed by atoms with Gasteiger partial charge in [0.15, 0.2) is 0 Å². The van der Waals surface area contributed by atoms with E-state index in [0.29, 0.717) is 6.54 Å². The minimum Gasteiger partial charge on any atom is -0.328 e. The maximum Gasteiger partial charge on any atom is 0.320 e. The lowest BCUT2D eigenvalue weighted by atomic mass is 10.1. The first kappa shape index (κ1) is 12.7. The van der Waals surface area contributed by atoms with E-state index in [9.17, 15) is 4.79 Å². The second kappa shape index (κ2) is 6.24. The lowest BCUT2D eigenvalue weighted by Crippen LogP contribution is -2.51. The van der Waals surface area contributed by atoms with Crippen LogP contribution >= 0.6 is 0 Å². The Kier molecular flexibility index (Phi) is 4.66. The van der Waals surface area contributed by atoms with Crippen molar-refractivity contribution < 1.29 is 4.79 Å². The minimum atomic E-state index is 0.238. The van der Waals surface area contributed by atoms with Gasteiger partial charge in [-0.1, -0.05) is 12.8 Å². The molecule has 98 valence electrons. The zero-order valence-corrected chi connectivity index (χ0v) is 10.7. The van der Waals surface area contributed by atoms with Crippen LogP contribution in [0.2, 0.25) is 0 Å². The van der Waals surface area contributed by atoms with Crippen molar-refractivity contribution in [1.82, 2.24) is 9.80 Å². The van der Waals surface area contributed by atoms with Crippen molar-refractivity contribution in [1.29, 1.82) is 0 Å². The largest absolute Gasteiger partial charge is 0.328 e. The normalized spacial score (nSPS) is 26.8. The van der Waals surface area contributed by atoms with Crippen LogP contribution in [0.5, 0.6) is 0 Å². The molecule has 0 aromatic rings. The number of nitrogens with two attached hydrogens (primary N) is 1. The fraction of sp³-hybridized carbons (Fsp3) is 0.923. The molecule has 4 nitrogen and oxygen atoms in total. The first-order chi connectivity index (χ1) is 8.33. The quantitative estimate of drug-likeness (QED) is 0.758. The van der Waals surface area contributed by atoms with Crippen molar-refractivity contribution in [2.45, 2.75) is 51.0 Å². The smallest absolute Gasteiger partial charge is 0.320 e. The van der Waals surface area contributed by atoms with Crippen LogP contribution in [0.25, 0.3) is 0 Å². The Morgan fingerprint density at radius 2 is 1.65 bits per heavy atom. The summed E-state index contributed by atoms with van der Waals surface area (Å²) in [5, 5.41) is 0. The Morgan fingerprint density at radius 3 is 2.35 bits per heavy atom. The topological polar surface area (TPSA) is 49.6 Å². The molecule has 0 spiro atoms. The summed E-state index contributed by atoms with van der Waals surface area (Å²) < 4.78 is 0. The number of amides is 2. The maximum absolute atomic E-state index is 12.5.